The SMILES string of the molecule is C=C(C)c1cc(OC)ccc1CC.CC[C@@]1(c2ccc(OC3CCCC3)cc2)NC(=O)NC1=O. The van der Waals surface area contributed by atoms with Crippen molar-refractivity contribution in [1.82, 2.24) is 10.6 Å². The van der Waals surface area contributed by atoms with E-state index in [1.165, 1.54) is 24.0 Å². The van der Waals surface area contributed by atoms with Gasteiger partial charge in [0.15, 0.2) is 0 Å². The van der Waals surface area contributed by atoms with Crippen molar-refractivity contribution in [2.75, 3.05) is 7.11 Å². The van der Waals surface area contributed by atoms with Crippen molar-refractivity contribution in [2.24, 2.45) is 0 Å². The Morgan fingerprint density at radius 1 is 1.06 bits per heavy atom. The van der Waals surface area contributed by atoms with Gasteiger partial charge in [-0.3, -0.25) is 10.1 Å². The summed E-state index contributed by atoms with van der Waals surface area (Å²) in [5, 5.41) is 5.05. The molecule has 2 aromatic carbocycles. The largest absolute Gasteiger partial charge is 0.497 e. The number of carbonyl (C=O) groups excluding carboxylic acids is 2. The third kappa shape index (κ3) is 5.61. The number of methoxy groups -OCH3 is 1. The quantitative estimate of drug-likeness (QED) is 0.512. The topological polar surface area (TPSA) is 76.7 Å². The summed E-state index contributed by atoms with van der Waals surface area (Å²) in [5.74, 6) is 1.43. The van der Waals surface area contributed by atoms with Crippen LogP contribution in [0.15, 0.2) is 49.0 Å². The lowest BCUT2D eigenvalue weighted by Gasteiger charge is -2.25. The van der Waals surface area contributed by atoms with E-state index in [1.54, 1.807) is 7.11 Å². The molecule has 1 saturated carbocycles. The lowest BCUT2D eigenvalue weighted by atomic mass is 9.87. The third-order valence-electron chi connectivity index (χ3n) is 6.58. The van der Waals surface area contributed by atoms with Gasteiger partial charge >= 0.3 is 6.03 Å². The van der Waals surface area contributed by atoms with E-state index in [4.69, 9.17) is 9.47 Å². The number of hydrogen-bond acceptors (Lipinski definition) is 4. The molecule has 2 fully saturated rings. The summed E-state index contributed by atoms with van der Waals surface area (Å²) in [6.07, 6.45) is 6.53. The molecule has 3 amide bonds. The van der Waals surface area contributed by atoms with Crippen LogP contribution in [0, 0.1) is 0 Å². The molecular formula is C28H36N2O4. The first kappa shape index (κ1) is 25.3. The number of nitrogens with one attached hydrogen (secondary N) is 2. The number of amides is 3. The maximum Gasteiger partial charge on any atom is 0.322 e. The average molecular weight is 465 g/mol. The fourth-order valence-corrected chi connectivity index (χ4v) is 4.55. The van der Waals surface area contributed by atoms with Crippen LogP contribution in [-0.2, 0) is 16.8 Å². The van der Waals surface area contributed by atoms with E-state index in [0.29, 0.717) is 12.5 Å². The predicted octanol–water partition coefficient (Wildman–Crippen LogP) is 5.74. The molecule has 0 unspecified atom stereocenters. The Labute approximate surface area is 202 Å². The van der Waals surface area contributed by atoms with Crippen LogP contribution in [0.2, 0.25) is 0 Å². The van der Waals surface area contributed by atoms with Crippen molar-refractivity contribution in [1.29, 1.82) is 0 Å². The van der Waals surface area contributed by atoms with Gasteiger partial charge in [0.25, 0.3) is 5.91 Å². The van der Waals surface area contributed by atoms with Crippen LogP contribution >= 0.6 is 0 Å². The molecule has 1 atom stereocenters. The normalized spacial score (nSPS) is 19.6. The van der Waals surface area contributed by atoms with Gasteiger partial charge in [0, 0.05) is 0 Å². The second-order valence-electron chi connectivity index (χ2n) is 8.87. The Morgan fingerprint density at radius 3 is 2.21 bits per heavy atom. The number of imide groups is 1. The zero-order chi connectivity index (χ0) is 24.7. The van der Waals surface area contributed by atoms with Gasteiger partial charge in [0.05, 0.1) is 13.2 Å². The highest BCUT2D eigenvalue weighted by Gasteiger charge is 2.46. The minimum atomic E-state index is -0.955. The molecule has 2 aliphatic rings. The highest BCUT2D eigenvalue weighted by molar-refractivity contribution is 6.07. The molecule has 4 rings (SSSR count). The predicted molar refractivity (Wildman–Crippen MR) is 135 cm³/mol. The maximum atomic E-state index is 12.1. The summed E-state index contributed by atoms with van der Waals surface area (Å²) in [6.45, 7) is 10.0. The minimum absolute atomic E-state index is 0.292. The molecule has 2 N–H and O–H groups in total. The highest BCUT2D eigenvalue weighted by atomic mass is 16.5. The molecule has 2 aromatic rings. The van der Waals surface area contributed by atoms with Crippen LogP contribution in [-0.4, -0.2) is 25.2 Å². The van der Waals surface area contributed by atoms with Gasteiger partial charge in [0.1, 0.15) is 17.0 Å². The monoisotopic (exact) mass is 464 g/mol. The summed E-state index contributed by atoms with van der Waals surface area (Å²) >= 11 is 0. The second kappa shape index (κ2) is 11.2. The lowest BCUT2D eigenvalue weighted by Crippen LogP contribution is -2.43. The summed E-state index contributed by atoms with van der Waals surface area (Å²) in [7, 11) is 1.68. The number of carbonyl (C=O) groups is 2. The number of hydrogen-bond donors (Lipinski definition) is 2. The van der Waals surface area contributed by atoms with Gasteiger partial charge in [-0.2, -0.15) is 0 Å². The second-order valence-corrected chi connectivity index (χ2v) is 8.87. The molecular weight excluding hydrogens is 428 g/mol. The Hall–Kier alpha value is -3.28. The molecule has 1 heterocycles. The van der Waals surface area contributed by atoms with Gasteiger partial charge in [-0.25, -0.2) is 4.79 Å². The van der Waals surface area contributed by atoms with Crippen molar-refractivity contribution >= 4 is 17.5 Å². The maximum absolute atomic E-state index is 12.1. The number of rotatable bonds is 7. The minimum Gasteiger partial charge on any atom is -0.497 e. The van der Waals surface area contributed by atoms with Crippen LogP contribution in [0.5, 0.6) is 11.5 Å². The number of allylic oxidation sites excluding steroid dienone is 1. The number of aryl methyl sites for hydroxylation is 1. The summed E-state index contributed by atoms with van der Waals surface area (Å²) in [5.41, 5.74) is 3.46. The molecule has 6 nitrogen and oxygen atoms in total. The Bertz CT molecular complexity index is 1030. The zero-order valence-corrected chi connectivity index (χ0v) is 20.7. The average Bonchev–Trinajstić information content (AvgIpc) is 3.46. The zero-order valence-electron chi connectivity index (χ0n) is 20.7. The van der Waals surface area contributed by atoms with E-state index in [0.717, 1.165) is 41.9 Å². The van der Waals surface area contributed by atoms with Gasteiger partial charge in [0.2, 0.25) is 0 Å². The van der Waals surface area contributed by atoms with E-state index >= 15 is 0 Å². The molecule has 0 radical (unpaired) electrons. The number of urea groups is 1. The lowest BCUT2D eigenvalue weighted by molar-refractivity contribution is -0.124. The molecule has 34 heavy (non-hydrogen) atoms. The molecule has 1 aliphatic carbocycles. The molecule has 0 aromatic heterocycles. The van der Waals surface area contributed by atoms with Crippen molar-refractivity contribution in [2.45, 2.75) is 70.9 Å². The Balaban J connectivity index is 0.000000215. The van der Waals surface area contributed by atoms with Gasteiger partial charge in [-0.1, -0.05) is 44.2 Å². The molecule has 182 valence electrons. The van der Waals surface area contributed by atoms with Crippen molar-refractivity contribution in [3.63, 3.8) is 0 Å². The fraction of sp³-hybridized carbons (Fsp3) is 0.429. The molecule has 1 saturated heterocycles. The van der Waals surface area contributed by atoms with Gasteiger partial charge in [-0.05, 0) is 86.4 Å². The van der Waals surface area contributed by atoms with Crippen LogP contribution in [0.3, 0.4) is 0 Å². The molecule has 1 aliphatic heterocycles. The van der Waals surface area contributed by atoms with Crippen molar-refractivity contribution < 1.29 is 19.1 Å². The van der Waals surface area contributed by atoms with Crippen LogP contribution in [0.4, 0.5) is 4.79 Å². The van der Waals surface area contributed by atoms with Crippen molar-refractivity contribution in [3.8, 4) is 11.5 Å². The third-order valence-corrected chi connectivity index (χ3v) is 6.58. The molecule has 6 heteroatoms. The Morgan fingerprint density at radius 2 is 1.71 bits per heavy atom. The standard InChI is InChI=1S/C16H20N2O3.C12H16O/c1-2-16(14(19)17-15(20)18-16)11-7-9-13(10-8-11)21-12-5-3-4-6-12;1-5-10-6-7-11(13-4)8-12(10)9(2)3/h7-10,12H,2-6H2,1H3,(H2,17,18,19,20);6-8H,2,5H2,1,3-4H3/t16-;/m0./s1. The van der Waals surface area contributed by atoms with Crippen LogP contribution < -0.4 is 20.1 Å². The first-order chi connectivity index (χ1) is 16.3. The first-order valence-electron chi connectivity index (χ1n) is 12.1. The van der Waals surface area contributed by atoms with Gasteiger partial charge < -0.3 is 14.8 Å². The summed E-state index contributed by atoms with van der Waals surface area (Å²) < 4.78 is 11.1. The van der Waals surface area contributed by atoms with Gasteiger partial charge in [-0.15, -0.1) is 0 Å². The van der Waals surface area contributed by atoms with E-state index in [1.807, 2.05) is 50.2 Å². The van der Waals surface area contributed by atoms with E-state index < -0.39 is 11.6 Å². The van der Waals surface area contributed by atoms with E-state index in [2.05, 4.69) is 30.2 Å². The smallest absolute Gasteiger partial charge is 0.322 e. The highest BCUT2D eigenvalue weighted by Crippen LogP contribution is 2.31. The van der Waals surface area contributed by atoms with E-state index in [9.17, 15) is 9.59 Å². The number of ether oxygens (including phenoxy) is 2. The summed E-state index contributed by atoms with van der Waals surface area (Å²) in [6, 6.07) is 13.2. The number of benzene rings is 2. The van der Waals surface area contributed by atoms with Crippen LogP contribution in [0.1, 0.15) is 69.6 Å². The fourth-order valence-electron chi connectivity index (χ4n) is 4.55. The molecule has 0 bridgehead atoms. The Kier molecular flexibility index (Phi) is 8.37. The summed E-state index contributed by atoms with van der Waals surface area (Å²) in [4.78, 5) is 23.5. The van der Waals surface area contributed by atoms with E-state index in [-0.39, 0.29) is 5.91 Å². The first-order valence-corrected chi connectivity index (χ1v) is 12.1. The van der Waals surface area contributed by atoms with Crippen LogP contribution in [0.25, 0.3) is 5.57 Å². The van der Waals surface area contributed by atoms with Crippen molar-refractivity contribution in [3.05, 3.63) is 65.7 Å². The molecule has 0 spiro atoms.